The van der Waals surface area contributed by atoms with E-state index in [-0.39, 0.29) is 5.91 Å². The average Bonchev–Trinajstić information content (AvgIpc) is 2.39. The first-order valence-corrected chi connectivity index (χ1v) is 6.57. The van der Waals surface area contributed by atoms with E-state index >= 15 is 0 Å². The minimum Gasteiger partial charge on any atom is -0.336 e. The zero-order chi connectivity index (χ0) is 13.8. The maximum atomic E-state index is 12.4. The lowest BCUT2D eigenvalue weighted by Crippen LogP contribution is -2.48. The van der Waals surface area contributed by atoms with Gasteiger partial charge in [0.2, 0.25) is 0 Å². The molecule has 100 valence electrons. The lowest BCUT2D eigenvalue weighted by Gasteiger charge is -2.33. The highest BCUT2D eigenvalue weighted by atomic mass is 16.2. The summed E-state index contributed by atoms with van der Waals surface area (Å²) in [5, 5.41) is 8.66. The number of amides is 1. The van der Waals surface area contributed by atoms with Crippen LogP contribution in [0.4, 0.5) is 0 Å². The van der Waals surface area contributed by atoms with Gasteiger partial charge >= 0.3 is 0 Å². The fourth-order valence-electron chi connectivity index (χ4n) is 2.43. The van der Waals surface area contributed by atoms with Crippen LogP contribution in [0.3, 0.4) is 0 Å². The van der Waals surface area contributed by atoms with Gasteiger partial charge in [0.25, 0.3) is 5.91 Å². The van der Waals surface area contributed by atoms with Crippen molar-refractivity contribution in [2.24, 2.45) is 0 Å². The van der Waals surface area contributed by atoms with Gasteiger partial charge in [0, 0.05) is 31.7 Å². The lowest BCUT2D eigenvalue weighted by atomic mass is 10.0. The molecule has 1 aliphatic rings. The standard InChI is InChI=1S/C15H19N3O/c1-12-3-4-14(13(2)11-12)15(19)18-9-7-17(6-5-16)8-10-18/h3-4,11H,6-10H2,1-2H3. The number of carbonyl (C=O) groups excluding carboxylic acids is 1. The van der Waals surface area contributed by atoms with Crippen LogP contribution in [-0.4, -0.2) is 48.4 Å². The van der Waals surface area contributed by atoms with Crippen molar-refractivity contribution in [3.8, 4) is 6.07 Å². The van der Waals surface area contributed by atoms with E-state index in [4.69, 9.17) is 5.26 Å². The lowest BCUT2D eigenvalue weighted by molar-refractivity contribution is 0.0651. The molecule has 1 aromatic carbocycles. The molecule has 0 bridgehead atoms. The molecular weight excluding hydrogens is 238 g/mol. The molecule has 0 aromatic heterocycles. The summed E-state index contributed by atoms with van der Waals surface area (Å²) >= 11 is 0. The molecule has 1 heterocycles. The van der Waals surface area contributed by atoms with Gasteiger partial charge in [0.05, 0.1) is 12.6 Å². The third-order valence-corrected chi connectivity index (χ3v) is 3.57. The summed E-state index contributed by atoms with van der Waals surface area (Å²) in [7, 11) is 0. The fourth-order valence-corrected chi connectivity index (χ4v) is 2.43. The molecule has 0 N–H and O–H groups in total. The summed E-state index contributed by atoms with van der Waals surface area (Å²) in [6.07, 6.45) is 0. The molecule has 1 aromatic rings. The van der Waals surface area contributed by atoms with E-state index in [0.29, 0.717) is 19.6 Å². The second-order valence-electron chi connectivity index (χ2n) is 5.04. The smallest absolute Gasteiger partial charge is 0.254 e. The summed E-state index contributed by atoms with van der Waals surface area (Å²) < 4.78 is 0. The molecule has 1 fully saturated rings. The largest absolute Gasteiger partial charge is 0.336 e. The molecule has 1 amide bonds. The molecule has 19 heavy (non-hydrogen) atoms. The minimum atomic E-state index is 0.106. The van der Waals surface area contributed by atoms with Crippen LogP contribution in [0.15, 0.2) is 18.2 Å². The van der Waals surface area contributed by atoms with Gasteiger partial charge in [-0.1, -0.05) is 17.7 Å². The number of benzene rings is 1. The van der Waals surface area contributed by atoms with Gasteiger partial charge in [-0.15, -0.1) is 0 Å². The van der Waals surface area contributed by atoms with Gasteiger partial charge in [-0.25, -0.2) is 0 Å². The van der Waals surface area contributed by atoms with Crippen molar-refractivity contribution >= 4 is 5.91 Å². The molecule has 0 unspecified atom stereocenters. The summed E-state index contributed by atoms with van der Waals surface area (Å²) in [5.74, 6) is 0.106. The summed E-state index contributed by atoms with van der Waals surface area (Å²) in [4.78, 5) is 16.4. The molecule has 4 heteroatoms. The molecular formula is C15H19N3O. The van der Waals surface area contributed by atoms with Crippen LogP contribution in [0.2, 0.25) is 0 Å². The first-order valence-electron chi connectivity index (χ1n) is 6.57. The number of rotatable bonds is 2. The molecule has 0 spiro atoms. The van der Waals surface area contributed by atoms with Gasteiger partial charge in [0.1, 0.15) is 0 Å². The number of carbonyl (C=O) groups is 1. The minimum absolute atomic E-state index is 0.106. The second kappa shape index (κ2) is 5.85. The van der Waals surface area contributed by atoms with Crippen molar-refractivity contribution in [1.29, 1.82) is 5.26 Å². The third-order valence-electron chi connectivity index (χ3n) is 3.57. The first-order chi connectivity index (χ1) is 9.11. The van der Waals surface area contributed by atoms with E-state index in [9.17, 15) is 4.79 Å². The summed E-state index contributed by atoms with van der Waals surface area (Å²) in [6.45, 7) is 7.43. The van der Waals surface area contributed by atoms with E-state index in [1.807, 2.05) is 36.9 Å². The van der Waals surface area contributed by atoms with E-state index in [2.05, 4.69) is 11.0 Å². The van der Waals surface area contributed by atoms with Crippen LogP contribution >= 0.6 is 0 Å². The van der Waals surface area contributed by atoms with Crippen molar-refractivity contribution in [2.75, 3.05) is 32.7 Å². The quantitative estimate of drug-likeness (QED) is 0.756. The maximum Gasteiger partial charge on any atom is 0.254 e. The van der Waals surface area contributed by atoms with Crippen LogP contribution in [0, 0.1) is 25.2 Å². The Balaban J connectivity index is 2.03. The number of nitriles is 1. The van der Waals surface area contributed by atoms with Crippen LogP contribution < -0.4 is 0 Å². The maximum absolute atomic E-state index is 12.4. The molecule has 1 aliphatic heterocycles. The Labute approximate surface area is 114 Å². The average molecular weight is 257 g/mol. The fraction of sp³-hybridized carbons (Fsp3) is 0.467. The predicted octanol–water partition coefficient (Wildman–Crippen LogP) is 1.58. The highest BCUT2D eigenvalue weighted by molar-refractivity contribution is 5.95. The van der Waals surface area contributed by atoms with Crippen LogP contribution in [0.5, 0.6) is 0 Å². The van der Waals surface area contributed by atoms with Gasteiger partial charge in [-0.2, -0.15) is 5.26 Å². The zero-order valence-electron chi connectivity index (χ0n) is 11.5. The van der Waals surface area contributed by atoms with E-state index < -0.39 is 0 Å². The van der Waals surface area contributed by atoms with Crippen molar-refractivity contribution in [2.45, 2.75) is 13.8 Å². The molecule has 0 atom stereocenters. The molecule has 0 saturated carbocycles. The Morgan fingerprint density at radius 1 is 1.26 bits per heavy atom. The SMILES string of the molecule is Cc1ccc(C(=O)N2CCN(CC#N)CC2)c(C)c1. The highest BCUT2D eigenvalue weighted by Crippen LogP contribution is 2.14. The predicted molar refractivity (Wildman–Crippen MR) is 73.9 cm³/mol. The Hall–Kier alpha value is -1.86. The summed E-state index contributed by atoms with van der Waals surface area (Å²) in [6, 6.07) is 8.08. The van der Waals surface area contributed by atoms with Crippen molar-refractivity contribution < 1.29 is 4.79 Å². The van der Waals surface area contributed by atoms with Crippen LogP contribution in [-0.2, 0) is 0 Å². The number of nitrogens with zero attached hydrogens (tertiary/aromatic N) is 3. The Kier molecular flexibility index (Phi) is 4.18. The normalized spacial score (nSPS) is 16.2. The molecule has 0 radical (unpaired) electrons. The van der Waals surface area contributed by atoms with Gasteiger partial charge in [-0.3, -0.25) is 9.69 Å². The van der Waals surface area contributed by atoms with Crippen molar-refractivity contribution in [1.82, 2.24) is 9.80 Å². The topological polar surface area (TPSA) is 47.3 Å². The third kappa shape index (κ3) is 3.12. The molecule has 2 rings (SSSR count). The van der Waals surface area contributed by atoms with Gasteiger partial charge in [-0.05, 0) is 25.5 Å². The van der Waals surface area contributed by atoms with E-state index in [1.165, 1.54) is 5.56 Å². The molecule has 1 saturated heterocycles. The van der Waals surface area contributed by atoms with Crippen LogP contribution in [0.1, 0.15) is 21.5 Å². The number of hydrogen-bond donors (Lipinski definition) is 0. The second-order valence-corrected chi connectivity index (χ2v) is 5.04. The number of aryl methyl sites for hydroxylation is 2. The number of piperazine rings is 1. The van der Waals surface area contributed by atoms with Crippen molar-refractivity contribution in [3.05, 3.63) is 34.9 Å². The first kappa shape index (κ1) is 13.6. The van der Waals surface area contributed by atoms with Crippen LogP contribution in [0.25, 0.3) is 0 Å². The van der Waals surface area contributed by atoms with E-state index in [0.717, 1.165) is 24.2 Å². The Morgan fingerprint density at radius 3 is 2.53 bits per heavy atom. The Bertz CT molecular complexity index is 511. The highest BCUT2D eigenvalue weighted by Gasteiger charge is 2.22. The zero-order valence-corrected chi connectivity index (χ0v) is 11.5. The number of hydrogen-bond acceptors (Lipinski definition) is 3. The summed E-state index contributed by atoms with van der Waals surface area (Å²) in [5.41, 5.74) is 3.00. The van der Waals surface area contributed by atoms with Gasteiger partial charge < -0.3 is 4.90 Å². The monoisotopic (exact) mass is 257 g/mol. The van der Waals surface area contributed by atoms with Gasteiger partial charge in [0.15, 0.2) is 0 Å². The molecule has 4 nitrogen and oxygen atoms in total. The van der Waals surface area contributed by atoms with E-state index in [1.54, 1.807) is 0 Å². The Morgan fingerprint density at radius 2 is 1.95 bits per heavy atom. The van der Waals surface area contributed by atoms with Crippen molar-refractivity contribution in [3.63, 3.8) is 0 Å². The molecule has 0 aliphatic carbocycles.